The molecule has 29 heavy (non-hydrogen) atoms. The fraction of sp³-hybridized carbons (Fsp3) is 0.174. The number of benzene rings is 3. The summed E-state index contributed by atoms with van der Waals surface area (Å²) >= 11 is 0. The largest absolute Gasteiger partial charge is 0.506 e. The Labute approximate surface area is 170 Å². The molecule has 0 bridgehead atoms. The lowest BCUT2D eigenvalue weighted by molar-refractivity contribution is 0.252. The highest BCUT2D eigenvalue weighted by Crippen LogP contribution is 2.27. The lowest BCUT2D eigenvalue weighted by Crippen LogP contribution is -2.36. The van der Waals surface area contributed by atoms with E-state index in [4.69, 9.17) is 4.74 Å². The van der Waals surface area contributed by atoms with Gasteiger partial charge >= 0.3 is 6.03 Å². The molecular formula is C23H25N3O3. The zero-order valence-electron chi connectivity index (χ0n) is 16.3. The van der Waals surface area contributed by atoms with Gasteiger partial charge in [0.15, 0.2) is 0 Å². The van der Waals surface area contributed by atoms with Gasteiger partial charge in [-0.3, -0.25) is 0 Å². The number of nitrogens with one attached hydrogen (secondary N) is 3. The van der Waals surface area contributed by atoms with Gasteiger partial charge in [0, 0.05) is 19.2 Å². The molecule has 150 valence electrons. The molecule has 6 nitrogen and oxygen atoms in total. The van der Waals surface area contributed by atoms with Crippen molar-refractivity contribution in [2.75, 3.05) is 25.5 Å². The minimum Gasteiger partial charge on any atom is -0.506 e. The molecule has 4 N–H and O–H groups in total. The molecule has 0 fully saturated rings. The molecule has 0 aliphatic rings. The molecule has 0 atom stereocenters. The van der Waals surface area contributed by atoms with Crippen LogP contribution < -0.4 is 20.7 Å². The second-order valence-electron chi connectivity index (χ2n) is 6.47. The molecular weight excluding hydrogens is 366 g/mol. The highest BCUT2D eigenvalue weighted by molar-refractivity contribution is 5.91. The van der Waals surface area contributed by atoms with E-state index in [0.29, 0.717) is 24.5 Å². The quantitative estimate of drug-likeness (QED) is 0.347. The molecule has 0 aliphatic carbocycles. The van der Waals surface area contributed by atoms with E-state index in [2.05, 4.69) is 40.2 Å². The number of aromatic hydroxyl groups is 1. The van der Waals surface area contributed by atoms with Crippen molar-refractivity contribution in [3.05, 3.63) is 90.0 Å². The smallest absolute Gasteiger partial charge is 0.319 e. The minimum absolute atomic E-state index is 0.0210. The predicted molar refractivity (Wildman–Crippen MR) is 114 cm³/mol. The summed E-state index contributed by atoms with van der Waals surface area (Å²) in [6.45, 7) is 0.999. The van der Waals surface area contributed by atoms with Gasteiger partial charge in [-0.2, -0.15) is 0 Å². The Morgan fingerprint density at radius 3 is 2.14 bits per heavy atom. The molecule has 0 aliphatic heterocycles. The molecule has 0 radical (unpaired) electrons. The van der Waals surface area contributed by atoms with Crippen molar-refractivity contribution >= 4 is 11.7 Å². The summed E-state index contributed by atoms with van der Waals surface area (Å²) in [5, 5.41) is 18.8. The first-order valence-corrected chi connectivity index (χ1v) is 9.42. The van der Waals surface area contributed by atoms with Crippen molar-refractivity contribution in [2.24, 2.45) is 0 Å². The molecule has 3 aromatic carbocycles. The zero-order chi connectivity index (χ0) is 20.5. The number of phenols is 1. The molecule has 3 aromatic rings. The van der Waals surface area contributed by atoms with Crippen LogP contribution in [0.1, 0.15) is 17.2 Å². The number of carbonyl (C=O) groups is 1. The summed E-state index contributed by atoms with van der Waals surface area (Å²) in [5.74, 6) is 0.528. The van der Waals surface area contributed by atoms with E-state index in [1.807, 2.05) is 36.4 Å². The Balaban J connectivity index is 1.54. The van der Waals surface area contributed by atoms with Gasteiger partial charge < -0.3 is 25.8 Å². The third kappa shape index (κ3) is 5.73. The number of phenolic OH excluding ortho intramolecular Hbond substituents is 1. The number of ether oxygens (including phenoxy) is 1. The van der Waals surface area contributed by atoms with Crippen LogP contribution in [0.3, 0.4) is 0 Å². The van der Waals surface area contributed by atoms with Crippen LogP contribution >= 0.6 is 0 Å². The van der Waals surface area contributed by atoms with Crippen molar-refractivity contribution in [3.8, 4) is 11.5 Å². The van der Waals surface area contributed by atoms with E-state index in [0.717, 1.165) is 11.1 Å². The molecule has 2 amide bonds. The fourth-order valence-corrected chi connectivity index (χ4v) is 3.02. The summed E-state index contributed by atoms with van der Waals surface area (Å²) in [5.41, 5.74) is 2.61. The van der Waals surface area contributed by atoms with E-state index >= 15 is 0 Å². The third-order valence-electron chi connectivity index (χ3n) is 4.48. The van der Waals surface area contributed by atoms with Crippen LogP contribution in [0.5, 0.6) is 11.5 Å². The summed E-state index contributed by atoms with van der Waals surface area (Å²) < 4.78 is 5.11. The first-order valence-electron chi connectivity index (χ1n) is 9.42. The molecule has 0 aromatic heterocycles. The maximum absolute atomic E-state index is 12.1. The topological polar surface area (TPSA) is 82.6 Å². The monoisotopic (exact) mass is 391 g/mol. The Kier molecular flexibility index (Phi) is 7.08. The highest BCUT2D eigenvalue weighted by Gasteiger charge is 2.13. The zero-order valence-corrected chi connectivity index (χ0v) is 16.3. The van der Waals surface area contributed by atoms with Crippen molar-refractivity contribution in [1.29, 1.82) is 0 Å². The number of hydrogen-bond acceptors (Lipinski definition) is 4. The minimum atomic E-state index is -0.397. The molecule has 0 spiro atoms. The fourth-order valence-electron chi connectivity index (χ4n) is 3.02. The van der Waals surface area contributed by atoms with Gasteiger partial charge in [0.25, 0.3) is 0 Å². The van der Waals surface area contributed by atoms with Crippen LogP contribution in [0.25, 0.3) is 0 Å². The van der Waals surface area contributed by atoms with Crippen molar-refractivity contribution in [2.45, 2.75) is 6.04 Å². The molecule has 6 heteroatoms. The maximum atomic E-state index is 12.1. The summed E-state index contributed by atoms with van der Waals surface area (Å²) in [7, 11) is 1.53. The first kappa shape index (κ1) is 20.2. The van der Waals surface area contributed by atoms with Crippen LogP contribution in [0.4, 0.5) is 10.5 Å². The van der Waals surface area contributed by atoms with Gasteiger partial charge in [0.05, 0.1) is 18.8 Å². The third-order valence-corrected chi connectivity index (χ3v) is 4.48. The van der Waals surface area contributed by atoms with Gasteiger partial charge in [0.1, 0.15) is 11.5 Å². The van der Waals surface area contributed by atoms with Crippen molar-refractivity contribution in [1.82, 2.24) is 10.6 Å². The number of urea groups is 1. The lowest BCUT2D eigenvalue weighted by Gasteiger charge is -2.20. The van der Waals surface area contributed by atoms with Gasteiger partial charge in [-0.25, -0.2) is 4.79 Å². The Morgan fingerprint density at radius 2 is 1.55 bits per heavy atom. The maximum Gasteiger partial charge on any atom is 0.319 e. The van der Waals surface area contributed by atoms with Gasteiger partial charge in [-0.1, -0.05) is 60.7 Å². The first-order chi connectivity index (χ1) is 14.2. The van der Waals surface area contributed by atoms with E-state index < -0.39 is 6.03 Å². The molecule has 0 heterocycles. The predicted octanol–water partition coefficient (Wildman–Crippen LogP) is 3.90. The summed E-state index contributed by atoms with van der Waals surface area (Å²) in [6.07, 6.45) is 0. The van der Waals surface area contributed by atoms with Crippen molar-refractivity contribution < 1.29 is 14.6 Å². The Morgan fingerprint density at radius 1 is 0.931 bits per heavy atom. The van der Waals surface area contributed by atoms with Crippen molar-refractivity contribution in [3.63, 3.8) is 0 Å². The number of anilines is 1. The SMILES string of the molecule is COc1ccc(O)c(NC(=O)NCCNC(c2ccccc2)c2ccccc2)c1. The Bertz CT molecular complexity index is 878. The number of hydrogen-bond donors (Lipinski definition) is 4. The average Bonchev–Trinajstić information content (AvgIpc) is 2.76. The number of amides is 2. The highest BCUT2D eigenvalue weighted by atomic mass is 16.5. The number of carbonyl (C=O) groups excluding carboxylic acids is 1. The standard InChI is InChI=1S/C23H25N3O3/c1-29-19-12-13-21(27)20(16-19)26-23(28)25-15-14-24-22(17-8-4-2-5-9-17)18-10-6-3-7-11-18/h2-13,16,22,24,27H,14-15H2,1H3,(H2,25,26,28). The summed E-state index contributed by atoms with van der Waals surface area (Å²) in [6, 6.07) is 24.6. The molecule has 0 unspecified atom stereocenters. The van der Waals surface area contributed by atoms with Crippen LogP contribution in [-0.4, -0.2) is 31.3 Å². The average molecular weight is 391 g/mol. The van der Waals surface area contributed by atoms with E-state index in [9.17, 15) is 9.90 Å². The normalized spacial score (nSPS) is 10.6. The van der Waals surface area contributed by atoms with Crippen LogP contribution in [0.2, 0.25) is 0 Å². The molecule has 0 saturated heterocycles. The van der Waals surface area contributed by atoms with Crippen LogP contribution in [0.15, 0.2) is 78.9 Å². The van der Waals surface area contributed by atoms with Gasteiger partial charge in [-0.15, -0.1) is 0 Å². The van der Waals surface area contributed by atoms with E-state index in [1.54, 1.807) is 12.1 Å². The molecule has 0 saturated carbocycles. The second kappa shape index (κ2) is 10.1. The second-order valence-corrected chi connectivity index (χ2v) is 6.47. The van der Waals surface area contributed by atoms with Crippen LogP contribution in [0, 0.1) is 0 Å². The number of methoxy groups -OCH3 is 1. The summed E-state index contributed by atoms with van der Waals surface area (Å²) in [4.78, 5) is 12.1. The molecule has 3 rings (SSSR count). The Hall–Kier alpha value is -3.51. The van der Waals surface area contributed by atoms with Crippen LogP contribution in [-0.2, 0) is 0 Å². The number of rotatable bonds is 8. The van der Waals surface area contributed by atoms with E-state index in [1.165, 1.54) is 13.2 Å². The lowest BCUT2D eigenvalue weighted by atomic mass is 9.99. The van der Waals surface area contributed by atoms with Gasteiger partial charge in [0.2, 0.25) is 0 Å². The van der Waals surface area contributed by atoms with Gasteiger partial charge in [-0.05, 0) is 23.3 Å². The van der Waals surface area contributed by atoms with E-state index in [-0.39, 0.29) is 11.8 Å².